The number of hydrogen-bond acceptors (Lipinski definition) is 3. The molecule has 0 aliphatic carbocycles. The van der Waals surface area contributed by atoms with Crippen LogP contribution >= 0.6 is 0 Å². The van der Waals surface area contributed by atoms with Crippen LogP contribution in [-0.4, -0.2) is 11.9 Å². The molecule has 0 atom stereocenters. The van der Waals surface area contributed by atoms with Crippen molar-refractivity contribution in [1.82, 2.24) is 0 Å². The van der Waals surface area contributed by atoms with E-state index in [9.17, 15) is 9.59 Å². The lowest BCUT2D eigenvalue weighted by molar-refractivity contribution is -0.151. The Morgan fingerprint density at radius 1 is 0.394 bits per heavy atom. The molecule has 0 N–H and O–H groups in total. The van der Waals surface area contributed by atoms with Crippen LogP contribution < -0.4 is 0 Å². The zero-order valence-corrected chi connectivity index (χ0v) is 22.2. The number of ether oxygens (including phenoxy) is 1. The number of unbranched alkanes of at least 4 members (excludes halogenated alkanes) is 20. The molecule has 0 fully saturated rings. The van der Waals surface area contributed by atoms with Crippen molar-refractivity contribution in [3.63, 3.8) is 0 Å². The van der Waals surface area contributed by atoms with Crippen molar-refractivity contribution in [3.05, 3.63) is 11.1 Å². The van der Waals surface area contributed by atoms with Gasteiger partial charge in [0.2, 0.25) is 0 Å². The highest BCUT2D eigenvalue weighted by Gasteiger charge is 2.31. The van der Waals surface area contributed by atoms with E-state index in [1.165, 1.54) is 116 Å². The van der Waals surface area contributed by atoms with Crippen molar-refractivity contribution in [2.45, 2.75) is 168 Å². The zero-order chi connectivity index (χ0) is 24.0. The largest absolute Gasteiger partial charge is 0.386 e. The first kappa shape index (κ1) is 29.9. The summed E-state index contributed by atoms with van der Waals surface area (Å²) in [5, 5.41) is 0. The van der Waals surface area contributed by atoms with Crippen molar-refractivity contribution in [3.8, 4) is 0 Å². The molecule has 0 aromatic carbocycles. The van der Waals surface area contributed by atoms with Gasteiger partial charge >= 0.3 is 11.9 Å². The maximum Gasteiger partial charge on any atom is 0.342 e. The Bertz CT molecular complexity index is 489. The molecule has 0 bridgehead atoms. The molecular formula is C30H54O3. The maximum absolute atomic E-state index is 12.1. The number of carbonyl (C=O) groups excluding carboxylic acids is 2. The minimum atomic E-state index is -0.370. The van der Waals surface area contributed by atoms with Crippen molar-refractivity contribution in [2.24, 2.45) is 0 Å². The third-order valence-corrected chi connectivity index (χ3v) is 7.10. The summed E-state index contributed by atoms with van der Waals surface area (Å²) in [7, 11) is 0. The molecule has 1 aliphatic heterocycles. The molecule has 0 amide bonds. The molecule has 1 aliphatic rings. The van der Waals surface area contributed by atoms with Crippen LogP contribution in [0.4, 0.5) is 0 Å². The van der Waals surface area contributed by atoms with Crippen molar-refractivity contribution in [2.75, 3.05) is 0 Å². The van der Waals surface area contributed by atoms with Gasteiger partial charge in [0.25, 0.3) is 0 Å². The number of rotatable bonds is 24. The molecule has 0 spiro atoms. The highest BCUT2D eigenvalue weighted by molar-refractivity contribution is 6.12. The van der Waals surface area contributed by atoms with Gasteiger partial charge in [0.1, 0.15) is 0 Å². The minimum Gasteiger partial charge on any atom is -0.386 e. The Hall–Kier alpha value is -1.12. The number of esters is 2. The third-order valence-electron chi connectivity index (χ3n) is 7.10. The standard InChI is InChI=1S/C30H54O3/c1-3-5-7-9-11-13-15-17-19-21-23-25-27-28(30(32)33-29(27)31)26-24-22-20-18-16-14-12-10-8-6-4-2/h3-26H2,1-2H3. The predicted octanol–water partition coefficient (Wildman–Crippen LogP) is 9.77. The molecule has 33 heavy (non-hydrogen) atoms. The second-order valence-corrected chi connectivity index (χ2v) is 10.2. The summed E-state index contributed by atoms with van der Waals surface area (Å²) in [5.74, 6) is -0.740. The van der Waals surface area contributed by atoms with Crippen molar-refractivity contribution < 1.29 is 14.3 Å². The lowest BCUT2D eigenvalue weighted by Gasteiger charge is -2.05. The molecule has 0 saturated heterocycles. The first-order chi connectivity index (χ1) is 16.2. The Kier molecular flexibility index (Phi) is 19.4. The number of carbonyl (C=O) groups is 2. The molecule has 1 rings (SSSR count). The fourth-order valence-corrected chi connectivity index (χ4v) is 4.89. The van der Waals surface area contributed by atoms with Gasteiger partial charge in [-0.2, -0.15) is 0 Å². The van der Waals surface area contributed by atoms with E-state index in [0.29, 0.717) is 11.1 Å². The maximum atomic E-state index is 12.1. The molecule has 0 saturated carbocycles. The highest BCUT2D eigenvalue weighted by Crippen LogP contribution is 2.27. The molecule has 192 valence electrons. The van der Waals surface area contributed by atoms with Crippen LogP contribution in [0.15, 0.2) is 11.1 Å². The normalized spacial score (nSPS) is 13.9. The molecule has 0 radical (unpaired) electrons. The van der Waals surface area contributed by atoms with Crippen LogP contribution in [0.3, 0.4) is 0 Å². The first-order valence-corrected chi connectivity index (χ1v) is 14.7. The summed E-state index contributed by atoms with van der Waals surface area (Å²) in [6.45, 7) is 4.53. The van der Waals surface area contributed by atoms with Gasteiger partial charge in [0.05, 0.1) is 0 Å². The average Bonchev–Trinajstić information content (AvgIpc) is 3.08. The van der Waals surface area contributed by atoms with Crippen LogP contribution in [0.2, 0.25) is 0 Å². The van der Waals surface area contributed by atoms with Crippen molar-refractivity contribution >= 4 is 11.9 Å². The summed E-state index contributed by atoms with van der Waals surface area (Å²) >= 11 is 0. The third kappa shape index (κ3) is 15.4. The molecule has 0 aromatic heterocycles. The number of cyclic esters (lactones) is 2. The monoisotopic (exact) mass is 462 g/mol. The second kappa shape index (κ2) is 21.4. The van der Waals surface area contributed by atoms with Gasteiger partial charge in [-0.05, 0) is 25.7 Å². The van der Waals surface area contributed by atoms with Crippen LogP contribution in [-0.2, 0) is 14.3 Å². The molecular weight excluding hydrogens is 408 g/mol. The fraction of sp³-hybridized carbons (Fsp3) is 0.867. The lowest BCUT2D eigenvalue weighted by Crippen LogP contribution is -2.02. The van der Waals surface area contributed by atoms with E-state index in [1.54, 1.807) is 0 Å². The summed E-state index contributed by atoms with van der Waals surface area (Å²) in [5.41, 5.74) is 1.37. The van der Waals surface area contributed by atoms with E-state index < -0.39 is 0 Å². The van der Waals surface area contributed by atoms with Crippen LogP contribution in [0, 0.1) is 0 Å². The summed E-state index contributed by atoms with van der Waals surface area (Å²) in [6, 6.07) is 0. The van der Waals surface area contributed by atoms with E-state index in [1.807, 2.05) is 0 Å². The number of hydrogen-bond donors (Lipinski definition) is 0. The van der Waals surface area contributed by atoms with Gasteiger partial charge in [-0.25, -0.2) is 9.59 Å². The first-order valence-electron chi connectivity index (χ1n) is 14.7. The Morgan fingerprint density at radius 2 is 0.636 bits per heavy atom. The molecule has 1 heterocycles. The van der Waals surface area contributed by atoms with Gasteiger partial charge in [-0.3, -0.25) is 0 Å². The second-order valence-electron chi connectivity index (χ2n) is 10.2. The molecule has 0 aromatic rings. The predicted molar refractivity (Wildman–Crippen MR) is 140 cm³/mol. The van der Waals surface area contributed by atoms with E-state index >= 15 is 0 Å². The minimum absolute atomic E-state index is 0.370. The summed E-state index contributed by atoms with van der Waals surface area (Å²) in [4.78, 5) is 24.2. The SMILES string of the molecule is CCCCCCCCCCCCCC1=C(CCCCCCCCCCCCC)C(=O)OC1=O. The molecule has 3 heteroatoms. The Labute approximate surface area is 205 Å². The van der Waals surface area contributed by atoms with E-state index in [0.717, 1.165) is 38.5 Å². The summed E-state index contributed by atoms with van der Waals surface area (Å²) in [6.07, 6.45) is 29.9. The molecule has 0 unspecified atom stereocenters. The van der Waals surface area contributed by atoms with E-state index in [4.69, 9.17) is 4.74 Å². The zero-order valence-electron chi connectivity index (χ0n) is 22.2. The van der Waals surface area contributed by atoms with Gasteiger partial charge in [0, 0.05) is 11.1 Å². The smallest absolute Gasteiger partial charge is 0.342 e. The Balaban J connectivity index is 2.08. The van der Waals surface area contributed by atoms with E-state index in [-0.39, 0.29) is 11.9 Å². The Morgan fingerprint density at radius 3 is 0.909 bits per heavy atom. The van der Waals surface area contributed by atoms with Crippen LogP contribution in [0.25, 0.3) is 0 Å². The quantitative estimate of drug-likeness (QED) is 0.0814. The topological polar surface area (TPSA) is 43.4 Å². The van der Waals surface area contributed by atoms with Gasteiger partial charge < -0.3 is 4.74 Å². The van der Waals surface area contributed by atoms with E-state index in [2.05, 4.69) is 13.8 Å². The van der Waals surface area contributed by atoms with Gasteiger partial charge in [0.15, 0.2) is 0 Å². The average molecular weight is 463 g/mol. The van der Waals surface area contributed by atoms with Gasteiger partial charge in [-0.1, -0.05) is 142 Å². The highest BCUT2D eigenvalue weighted by atomic mass is 16.6. The van der Waals surface area contributed by atoms with Crippen molar-refractivity contribution in [1.29, 1.82) is 0 Å². The molecule has 3 nitrogen and oxygen atoms in total. The van der Waals surface area contributed by atoms with Gasteiger partial charge in [-0.15, -0.1) is 0 Å². The fourth-order valence-electron chi connectivity index (χ4n) is 4.89. The van der Waals surface area contributed by atoms with Crippen LogP contribution in [0.1, 0.15) is 168 Å². The summed E-state index contributed by atoms with van der Waals surface area (Å²) < 4.78 is 4.94. The van der Waals surface area contributed by atoms with Crippen LogP contribution in [0.5, 0.6) is 0 Å². The lowest BCUT2D eigenvalue weighted by atomic mass is 9.97.